The number of nitrogens with one attached hydrogen (secondary N) is 1. The minimum absolute atomic E-state index is 0. The van der Waals surface area contributed by atoms with Crippen LogP contribution in [0.1, 0.15) is 6.42 Å². The van der Waals surface area contributed by atoms with E-state index in [1.807, 2.05) is 7.05 Å². The molecule has 0 aromatic carbocycles. The molecule has 0 fully saturated rings. The van der Waals surface area contributed by atoms with Crippen LogP contribution >= 0.6 is 12.4 Å². The average molecular weight is 224 g/mol. The maximum Gasteiger partial charge on any atom is 0.240 e. The molecule has 0 heterocycles. The van der Waals surface area contributed by atoms with Crippen molar-refractivity contribution in [3.8, 4) is 0 Å². The molecule has 5 heteroatoms. The van der Waals surface area contributed by atoms with Crippen LogP contribution in [0.4, 0.5) is 0 Å². The summed E-state index contributed by atoms with van der Waals surface area (Å²) in [6.45, 7) is 5.39. The zero-order valence-corrected chi connectivity index (χ0v) is 10.1. The third-order valence-corrected chi connectivity index (χ3v) is 1.23. The van der Waals surface area contributed by atoms with E-state index in [4.69, 9.17) is 0 Å². The topological polar surface area (TPSA) is 58.4 Å². The molecule has 86 valence electrons. The Hall–Kier alpha value is -0.580. The van der Waals surface area contributed by atoms with Crippen molar-refractivity contribution in [3.05, 3.63) is 12.7 Å². The van der Waals surface area contributed by atoms with E-state index in [-0.39, 0.29) is 12.4 Å². The summed E-state index contributed by atoms with van der Waals surface area (Å²) in [5, 5.41) is 3.10. The van der Waals surface area contributed by atoms with Crippen molar-refractivity contribution < 1.29 is 4.79 Å². The summed E-state index contributed by atoms with van der Waals surface area (Å²) in [7, 11) is 6.17. The minimum atomic E-state index is -0.481. The lowest BCUT2D eigenvalue weighted by Gasteiger charge is -2.07. The summed E-state index contributed by atoms with van der Waals surface area (Å²) in [6, 6.07) is 0. The Balaban J connectivity index is -0.000000177. The largest absolute Gasteiger partial charge is 0.366 e. The second-order valence-corrected chi connectivity index (χ2v) is 2.87. The third-order valence-electron chi connectivity index (χ3n) is 1.23. The van der Waals surface area contributed by atoms with Crippen LogP contribution < -0.4 is 11.1 Å². The van der Waals surface area contributed by atoms with Crippen molar-refractivity contribution in [1.29, 1.82) is 0 Å². The number of carbonyl (C=O) groups excluding carboxylic acids is 1. The van der Waals surface area contributed by atoms with Gasteiger partial charge in [-0.25, -0.2) is 0 Å². The fourth-order valence-electron chi connectivity index (χ4n) is 0.572. The van der Waals surface area contributed by atoms with E-state index in [0.717, 1.165) is 12.6 Å². The standard InChI is InChI=1S/C6H16N2.C3H5NO.ClH/c1-7-5-4-6-8(2)3;1-2-3(4)5;/h7H,4-6H2,1-3H3;2H,1H2,(H2,4,5);1H. The first-order valence-electron chi connectivity index (χ1n) is 4.25. The molecule has 0 spiro atoms. The molecule has 3 N–H and O–H groups in total. The highest BCUT2D eigenvalue weighted by Crippen LogP contribution is 1.78. The van der Waals surface area contributed by atoms with Crippen LogP contribution in [-0.4, -0.2) is 45.0 Å². The molecule has 0 atom stereocenters. The van der Waals surface area contributed by atoms with Crippen LogP contribution in [0.15, 0.2) is 12.7 Å². The van der Waals surface area contributed by atoms with Gasteiger partial charge in [0, 0.05) is 0 Å². The van der Waals surface area contributed by atoms with E-state index in [1.165, 1.54) is 13.0 Å². The zero-order valence-electron chi connectivity index (χ0n) is 9.25. The number of rotatable bonds is 5. The molecule has 0 aliphatic heterocycles. The van der Waals surface area contributed by atoms with Crippen molar-refractivity contribution in [2.45, 2.75) is 6.42 Å². The monoisotopic (exact) mass is 223 g/mol. The first-order valence-corrected chi connectivity index (χ1v) is 4.25. The number of primary amides is 1. The predicted molar refractivity (Wildman–Crippen MR) is 63.7 cm³/mol. The SMILES string of the molecule is C=CC(N)=O.CNCCCN(C)C.Cl. The Morgan fingerprint density at radius 3 is 2.21 bits per heavy atom. The Kier molecular flexibility index (Phi) is 20.3. The summed E-state index contributed by atoms with van der Waals surface area (Å²) in [5.74, 6) is -0.481. The van der Waals surface area contributed by atoms with E-state index in [9.17, 15) is 4.79 Å². The first-order chi connectivity index (χ1) is 6.04. The van der Waals surface area contributed by atoms with Gasteiger partial charge in [-0.05, 0) is 46.7 Å². The summed E-state index contributed by atoms with van der Waals surface area (Å²) in [5.41, 5.74) is 4.53. The molecule has 0 aromatic rings. The molecule has 1 amide bonds. The molecule has 0 aliphatic carbocycles. The molecule has 0 unspecified atom stereocenters. The van der Waals surface area contributed by atoms with Gasteiger partial charge in [-0.2, -0.15) is 0 Å². The Morgan fingerprint density at radius 1 is 1.57 bits per heavy atom. The van der Waals surface area contributed by atoms with Gasteiger partial charge in [-0.1, -0.05) is 6.58 Å². The van der Waals surface area contributed by atoms with Gasteiger partial charge in [0.1, 0.15) is 0 Å². The average Bonchev–Trinajstić information content (AvgIpc) is 2.05. The lowest BCUT2D eigenvalue weighted by atomic mass is 10.4. The van der Waals surface area contributed by atoms with Gasteiger partial charge in [0.15, 0.2) is 0 Å². The van der Waals surface area contributed by atoms with E-state index in [0.29, 0.717) is 0 Å². The van der Waals surface area contributed by atoms with Crippen molar-refractivity contribution in [3.63, 3.8) is 0 Å². The lowest BCUT2D eigenvalue weighted by Crippen LogP contribution is -2.18. The number of halogens is 1. The highest BCUT2D eigenvalue weighted by atomic mass is 35.5. The van der Waals surface area contributed by atoms with Gasteiger partial charge < -0.3 is 16.0 Å². The molecule has 0 aromatic heterocycles. The smallest absolute Gasteiger partial charge is 0.240 e. The predicted octanol–water partition coefficient (Wildman–Crippen LogP) is 0.237. The summed E-state index contributed by atoms with van der Waals surface area (Å²) < 4.78 is 0. The zero-order chi connectivity index (χ0) is 10.7. The summed E-state index contributed by atoms with van der Waals surface area (Å²) >= 11 is 0. The maximum atomic E-state index is 9.47. The van der Waals surface area contributed by atoms with Crippen molar-refractivity contribution >= 4 is 18.3 Å². The Morgan fingerprint density at radius 2 is 2.00 bits per heavy atom. The molecule has 0 saturated heterocycles. The molecule has 0 radical (unpaired) electrons. The Bertz CT molecular complexity index is 140. The fraction of sp³-hybridized carbons (Fsp3) is 0.667. The summed E-state index contributed by atoms with van der Waals surface area (Å²) in [4.78, 5) is 11.7. The highest BCUT2D eigenvalue weighted by Gasteiger charge is 1.85. The van der Waals surface area contributed by atoms with Crippen molar-refractivity contribution in [2.24, 2.45) is 5.73 Å². The second kappa shape index (κ2) is 14.9. The first kappa shape index (κ1) is 19.1. The lowest BCUT2D eigenvalue weighted by molar-refractivity contribution is -0.113. The maximum absolute atomic E-state index is 9.47. The van der Waals surface area contributed by atoms with Gasteiger partial charge >= 0.3 is 0 Å². The van der Waals surface area contributed by atoms with Crippen LogP contribution in [0.5, 0.6) is 0 Å². The van der Waals surface area contributed by atoms with E-state index in [1.54, 1.807) is 0 Å². The molecular formula is C9H22ClN3O. The number of carbonyl (C=O) groups is 1. The molecular weight excluding hydrogens is 202 g/mol. The van der Waals surface area contributed by atoms with Crippen LogP contribution in [0.25, 0.3) is 0 Å². The molecule has 0 saturated carbocycles. The quantitative estimate of drug-likeness (QED) is 0.519. The molecule has 0 aliphatic rings. The van der Waals surface area contributed by atoms with E-state index in [2.05, 4.69) is 36.6 Å². The molecule has 0 rings (SSSR count). The van der Waals surface area contributed by atoms with Gasteiger partial charge in [0.2, 0.25) is 5.91 Å². The van der Waals surface area contributed by atoms with Gasteiger partial charge in [-0.15, -0.1) is 12.4 Å². The number of nitrogens with two attached hydrogens (primary N) is 1. The van der Waals surface area contributed by atoms with E-state index < -0.39 is 5.91 Å². The second-order valence-electron chi connectivity index (χ2n) is 2.87. The number of amides is 1. The van der Waals surface area contributed by atoms with E-state index >= 15 is 0 Å². The third kappa shape index (κ3) is 30.1. The van der Waals surface area contributed by atoms with Gasteiger partial charge in [-0.3, -0.25) is 4.79 Å². The fourth-order valence-corrected chi connectivity index (χ4v) is 0.572. The van der Waals surface area contributed by atoms with Gasteiger partial charge in [0.05, 0.1) is 0 Å². The van der Waals surface area contributed by atoms with Gasteiger partial charge in [0.25, 0.3) is 0 Å². The minimum Gasteiger partial charge on any atom is -0.366 e. The molecule has 14 heavy (non-hydrogen) atoms. The van der Waals surface area contributed by atoms with Crippen LogP contribution in [0.2, 0.25) is 0 Å². The number of nitrogens with zero attached hydrogens (tertiary/aromatic N) is 1. The number of hydrogen-bond acceptors (Lipinski definition) is 3. The van der Waals surface area contributed by atoms with Crippen LogP contribution in [0.3, 0.4) is 0 Å². The normalized spacial score (nSPS) is 8.29. The van der Waals surface area contributed by atoms with Crippen molar-refractivity contribution in [1.82, 2.24) is 10.2 Å². The molecule has 4 nitrogen and oxygen atoms in total. The molecule has 0 bridgehead atoms. The van der Waals surface area contributed by atoms with Crippen LogP contribution in [-0.2, 0) is 4.79 Å². The Labute approximate surface area is 92.9 Å². The van der Waals surface area contributed by atoms with Crippen molar-refractivity contribution in [2.75, 3.05) is 34.2 Å². The highest BCUT2D eigenvalue weighted by molar-refractivity contribution is 5.85. The van der Waals surface area contributed by atoms with Crippen LogP contribution in [0, 0.1) is 0 Å². The number of hydrogen-bond donors (Lipinski definition) is 2. The summed E-state index contributed by atoms with van der Waals surface area (Å²) in [6.07, 6.45) is 2.30.